The van der Waals surface area contributed by atoms with Crippen molar-refractivity contribution >= 4 is 28.6 Å². The zero-order chi connectivity index (χ0) is 14.7. The van der Waals surface area contributed by atoms with Gasteiger partial charge in [0.2, 0.25) is 5.95 Å². The second-order valence-electron chi connectivity index (χ2n) is 4.48. The Morgan fingerprint density at radius 1 is 1.10 bits per heavy atom. The van der Waals surface area contributed by atoms with Gasteiger partial charge in [-0.15, -0.1) is 0 Å². The summed E-state index contributed by atoms with van der Waals surface area (Å²) in [5, 5.41) is 5.73. The van der Waals surface area contributed by atoms with Crippen LogP contribution < -0.4 is 5.32 Å². The van der Waals surface area contributed by atoms with Crippen LogP contribution in [0.5, 0.6) is 0 Å². The van der Waals surface area contributed by atoms with Gasteiger partial charge in [0.15, 0.2) is 5.16 Å². The van der Waals surface area contributed by atoms with Crippen molar-refractivity contribution in [1.82, 2.24) is 19.9 Å². The molecule has 1 N–H and O–H groups in total. The van der Waals surface area contributed by atoms with E-state index in [9.17, 15) is 0 Å². The molecule has 5 nitrogen and oxygen atoms in total. The molecular weight excluding hydrogens is 282 g/mol. The monoisotopic (exact) mass is 297 g/mol. The number of anilines is 1. The van der Waals surface area contributed by atoms with E-state index in [0.717, 1.165) is 28.2 Å². The van der Waals surface area contributed by atoms with Gasteiger partial charge in [0.1, 0.15) is 5.03 Å². The van der Waals surface area contributed by atoms with Crippen LogP contribution in [0.2, 0.25) is 0 Å². The van der Waals surface area contributed by atoms with Crippen LogP contribution in [0.1, 0.15) is 12.6 Å². The van der Waals surface area contributed by atoms with Gasteiger partial charge in [-0.3, -0.25) is 0 Å². The molecule has 21 heavy (non-hydrogen) atoms. The number of nitrogens with one attached hydrogen (secondary N) is 1. The molecule has 0 unspecified atom stereocenters. The summed E-state index contributed by atoms with van der Waals surface area (Å²) < 4.78 is 0. The molecule has 0 bridgehead atoms. The van der Waals surface area contributed by atoms with Crippen molar-refractivity contribution in [3.05, 3.63) is 42.2 Å². The van der Waals surface area contributed by atoms with Crippen LogP contribution in [-0.4, -0.2) is 26.5 Å². The molecule has 0 radical (unpaired) electrons. The third kappa shape index (κ3) is 3.11. The average molecular weight is 297 g/mol. The number of hydrogen-bond donors (Lipinski definition) is 1. The van der Waals surface area contributed by atoms with Gasteiger partial charge in [0.05, 0.1) is 5.52 Å². The highest BCUT2D eigenvalue weighted by atomic mass is 32.2. The van der Waals surface area contributed by atoms with E-state index in [2.05, 4.69) is 25.3 Å². The maximum absolute atomic E-state index is 4.58. The van der Waals surface area contributed by atoms with Crippen molar-refractivity contribution in [3.63, 3.8) is 0 Å². The first-order valence-electron chi connectivity index (χ1n) is 6.74. The average Bonchev–Trinajstić information content (AvgIpc) is 2.48. The summed E-state index contributed by atoms with van der Waals surface area (Å²) in [5.41, 5.74) is 1.86. The molecule has 0 saturated carbocycles. The van der Waals surface area contributed by atoms with Crippen molar-refractivity contribution in [1.29, 1.82) is 0 Å². The van der Waals surface area contributed by atoms with E-state index < -0.39 is 0 Å². The molecule has 3 aromatic rings. The molecule has 2 heterocycles. The van der Waals surface area contributed by atoms with Crippen LogP contribution in [0.4, 0.5) is 5.95 Å². The molecule has 106 valence electrons. The molecule has 0 amide bonds. The summed E-state index contributed by atoms with van der Waals surface area (Å²) in [6.45, 7) is 4.76. The highest BCUT2D eigenvalue weighted by Crippen LogP contribution is 2.30. The molecule has 0 atom stereocenters. The van der Waals surface area contributed by atoms with E-state index in [1.165, 1.54) is 11.8 Å². The van der Waals surface area contributed by atoms with Gasteiger partial charge in [-0.25, -0.2) is 19.9 Å². The Bertz CT molecular complexity index is 775. The molecule has 1 aromatic carbocycles. The van der Waals surface area contributed by atoms with Gasteiger partial charge in [0.25, 0.3) is 0 Å². The van der Waals surface area contributed by atoms with Crippen LogP contribution in [0.25, 0.3) is 10.9 Å². The molecule has 0 saturated heterocycles. The predicted molar refractivity (Wildman–Crippen MR) is 84.6 cm³/mol. The minimum Gasteiger partial charge on any atom is -0.354 e. The normalized spacial score (nSPS) is 10.8. The Balaban J connectivity index is 2.07. The summed E-state index contributed by atoms with van der Waals surface area (Å²) in [7, 11) is 0. The van der Waals surface area contributed by atoms with Gasteiger partial charge in [-0.2, -0.15) is 0 Å². The highest BCUT2D eigenvalue weighted by molar-refractivity contribution is 7.99. The van der Waals surface area contributed by atoms with Gasteiger partial charge >= 0.3 is 0 Å². The highest BCUT2D eigenvalue weighted by Gasteiger charge is 2.10. The lowest BCUT2D eigenvalue weighted by atomic mass is 10.2. The minimum absolute atomic E-state index is 0.631. The number of benzene rings is 1. The second-order valence-corrected chi connectivity index (χ2v) is 5.44. The standard InChI is InChI=1S/C15H15N5S/c1-3-16-14-19-12-7-5-4-6-11(12)13(20-14)21-15-17-9-8-10(2)18-15/h4-9H,3H2,1-2H3,(H,16,19,20). The second kappa shape index (κ2) is 6.05. The number of fused-ring (bicyclic) bond motifs is 1. The Morgan fingerprint density at radius 2 is 1.95 bits per heavy atom. The van der Waals surface area contributed by atoms with E-state index in [-0.39, 0.29) is 0 Å². The lowest BCUT2D eigenvalue weighted by Crippen LogP contribution is -2.03. The van der Waals surface area contributed by atoms with Crippen molar-refractivity contribution in [2.24, 2.45) is 0 Å². The first kappa shape index (κ1) is 13.8. The maximum atomic E-state index is 4.58. The molecule has 0 spiro atoms. The van der Waals surface area contributed by atoms with Crippen LogP contribution in [0, 0.1) is 6.92 Å². The quantitative estimate of drug-likeness (QED) is 0.589. The minimum atomic E-state index is 0.631. The van der Waals surface area contributed by atoms with Crippen LogP contribution in [0.3, 0.4) is 0 Å². The van der Waals surface area contributed by atoms with Crippen molar-refractivity contribution < 1.29 is 0 Å². The molecule has 0 aliphatic carbocycles. The van der Waals surface area contributed by atoms with E-state index in [1.54, 1.807) is 6.20 Å². The number of aryl methyl sites for hydroxylation is 1. The Kier molecular flexibility index (Phi) is 3.96. The smallest absolute Gasteiger partial charge is 0.224 e. The number of aromatic nitrogens is 4. The lowest BCUT2D eigenvalue weighted by molar-refractivity contribution is 0.928. The number of hydrogen-bond acceptors (Lipinski definition) is 6. The molecule has 0 fully saturated rings. The number of para-hydroxylation sites is 1. The molecule has 0 aliphatic heterocycles. The van der Waals surface area contributed by atoms with Crippen LogP contribution in [-0.2, 0) is 0 Å². The fourth-order valence-corrected chi connectivity index (χ4v) is 2.81. The van der Waals surface area contributed by atoms with Crippen LogP contribution in [0.15, 0.2) is 46.7 Å². The van der Waals surface area contributed by atoms with Gasteiger partial charge in [0, 0.05) is 23.8 Å². The van der Waals surface area contributed by atoms with E-state index in [1.807, 2.05) is 44.2 Å². The fourth-order valence-electron chi connectivity index (χ4n) is 1.92. The third-order valence-electron chi connectivity index (χ3n) is 2.86. The Morgan fingerprint density at radius 3 is 2.76 bits per heavy atom. The molecular formula is C15H15N5S. The van der Waals surface area contributed by atoms with Crippen molar-refractivity contribution in [2.45, 2.75) is 24.0 Å². The van der Waals surface area contributed by atoms with Gasteiger partial charge in [-0.05, 0) is 37.7 Å². The summed E-state index contributed by atoms with van der Waals surface area (Å²) in [6, 6.07) is 9.84. The zero-order valence-electron chi connectivity index (χ0n) is 11.9. The van der Waals surface area contributed by atoms with Crippen molar-refractivity contribution in [3.8, 4) is 0 Å². The van der Waals surface area contributed by atoms with Crippen molar-refractivity contribution in [2.75, 3.05) is 11.9 Å². The zero-order valence-corrected chi connectivity index (χ0v) is 12.7. The van der Waals surface area contributed by atoms with E-state index in [4.69, 9.17) is 0 Å². The summed E-state index contributed by atoms with van der Waals surface area (Å²) >= 11 is 1.46. The topological polar surface area (TPSA) is 63.6 Å². The Labute approximate surface area is 127 Å². The number of nitrogens with zero attached hydrogens (tertiary/aromatic N) is 4. The summed E-state index contributed by atoms with van der Waals surface area (Å²) in [4.78, 5) is 17.8. The lowest BCUT2D eigenvalue weighted by Gasteiger charge is -2.08. The molecule has 6 heteroatoms. The fraction of sp³-hybridized carbons (Fsp3) is 0.200. The largest absolute Gasteiger partial charge is 0.354 e. The summed E-state index contributed by atoms with van der Waals surface area (Å²) in [6.07, 6.45) is 1.76. The third-order valence-corrected chi connectivity index (χ3v) is 3.75. The Hall–Kier alpha value is -2.21. The molecule has 2 aromatic heterocycles. The summed E-state index contributed by atoms with van der Waals surface area (Å²) in [5.74, 6) is 0.631. The maximum Gasteiger partial charge on any atom is 0.224 e. The SMILES string of the molecule is CCNc1nc(Sc2nccc(C)n2)c2ccccc2n1. The van der Waals surface area contributed by atoms with E-state index >= 15 is 0 Å². The molecule has 3 rings (SSSR count). The number of rotatable bonds is 4. The van der Waals surface area contributed by atoms with Crippen LogP contribution >= 0.6 is 11.8 Å². The van der Waals surface area contributed by atoms with E-state index in [0.29, 0.717) is 11.1 Å². The predicted octanol–water partition coefficient (Wildman–Crippen LogP) is 3.31. The molecule has 0 aliphatic rings. The van der Waals surface area contributed by atoms with Gasteiger partial charge < -0.3 is 5.32 Å². The first-order chi connectivity index (χ1) is 10.3. The first-order valence-corrected chi connectivity index (χ1v) is 7.56. The van der Waals surface area contributed by atoms with Gasteiger partial charge in [-0.1, -0.05) is 18.2 Å².